The largest absolute Gasteiger partial charge is 0.455 e. The van der Waals surface area contributed by atoms with E-state index in [-0.39, 0.29) is 0 Å². The highest BCUT2D eigenvalue weighted by Gasteiger charge is 2.07. The zero-order valence-electron chi connectivity index (χ0n) is 7.94. The number of thiophene rings is 1. The van der Waals surface area contributed by atoms with Crippen LogP contribution in [0.4, 0.5) is 0 Å². The van der Waals surface area contributed by atoms with E-state index in [0.29, 0.717) is 26.4 Å². The van der Waals surface area contributed by atoms with Crippen LogP contribution < -0.4 is 4.74 Å². The molecule has 0 aliphatic carbocycles. The van der Waals surface area contributed by atoms with Crippen LogP contribution in [-0.2, 0) is 0 Å². The van der Waals surface area contributed by atoms with Crippen molar-refractivity contribution < 1.29 is 9.53 Å². The predicted octanol–water partition coefficient (Wildman–Crippen LogP) is 4.66. The molecule has 0 saturated carbocycles. The molecule has 82 valence electrons. The third-order valence-corrected chi connectivity index (χ3v) is 3.49. The third-order valence-electron chi connectivity index (χ3n) is 1.86. The topological polar surface area (TPSA) is 26.3 Å². The van der Waals surface area contributed by atoms with E-state index in [1.807, 2.05) is 0 Å². The molecule has 0 saturated heterocycles. The zero-order valence-corrected chi connectivity index (χ0v) is 10.3. The van der Waals surface area contributed by atoms with Gasteiger partial charge in [-0.3, -0.25) is 4.79 Å². The van der Waals surface area contributed by atoms with Crippen LogP contribution in [0.25, 0.3) is 0 Å². The lowest BCUT2D eigenvalue weighted by Gasteiger charge is -2.05. The van der Waals surface area contributed by atoms with Crippen LogP contribution in [0, 0.1) is 0 Å². The van der Waals surface area contributed by atoms with E-state index >= 15 is 0 Å². The summed E-state index contributed by atoms with van der Waals surface area (Å²) in [5, 5.41) is 2.54. The summed E-state index contributed by atoms with van der Waals surface area (Å²) in [5.41, 5.74) is 0. The minimum Gasteiger partial charge on any atom is -0.455 e. The molecule has 0 radical (unpaired) electrons. The Hall–Kier alpha value is -1.03. The van der Waals surface area contributed by atoms with Gasteiger partial charge in [0.2, 0.25) is 0 Å². The van der Waals surface area contributed by atoms with Crippen molar-refractivity contribution >= 4 is 40.8 Å². The second-order valence-corrected chi connectivity index (χ2v) is 4.68. The predicted molar refractivity (Wildman–Crippen MR) is 66.2 cm³/mol. The van der Waals surface area contributed by atoms with Crippen LogP contribution in [0.15, 0.2) is 29.6 Å². The van der Waals surface area contributed by atoms with Gasteiger partial charge >= 0.3 is 0 Å². The van der Waals surface area contributed by atoms with E-state index in [0.717, 1.165) is 6.29 Å². The Morgan fingerprint density at radius 2 is 2.12 bits per heavy atom. The molecule has 0 aliphatic heterocycles. The SMILES string of the molecule is O=Cc1cc(Oc2cccc(Cl)c2Cl)cs1. The highest BCUT2D eigenvalue weighted by Crippen LogP contribution is 2.35. The molecule has 1 heterocycles. The number of ether oxygens (including phenoxy) is 1. The van der Waals surface area contributed by atoms with Crippen molar-refractivity contribution in [3.8, 4) is 11.5 Å². The lowest BCUT2D eigenvalue weighted by molar-refractivity contribution is 0.112. The summed E-state index contributed by atoms with van der Waals surface area (Å²) in [4.78, 5) is 11.1. The van der Waals surface area contributed by atoms with Crippen molar-refractivity contribution in [3.05, 3.63) is 44.6 Å². The van der Waals surface area contributed by atoms with Gasteiger partial charge in [-0.2, -0.15) is 0 Å². The van der Waals surface area contributed by atoms with Crippen molar-refractivity contribution in [3.63, 3.8) is 0 Å². The van der Waals surface area contributed by atoms with E-state index in [1.54, 1.807) is 29.6 Å². The minimum absolute atomic E-state index is 0.364. The normalized spacial score (nSPS) is 10.1. The molecule has 16 heavy (non-hydrogen) atoms. The summed E-state index contributed by atoms with van der Waals surface area (Å²) in [6.07, 6.45) is 0.775. The van der Waals surface area contributed by atoms with Gasteiger partial charge < -0.3 is 4.74 Å². The summed E-state index contributed by atoms with van der Waals surface area (Å²) >= 11 is 13.1. The highest BCUT2D eigenvalue weighted by molar-refractivity contribution is 7.11. The smallest absolute Gasteiger partial charge is 0.160 e. The van der Waals surface area contributed by atoms with E-state index < -0.39 is 0 Å². The van der Waals surface area contributed by atoms with Crippen molar-refractivity contribution in [1.29, 1.82) is 0 Å². The van der Waals surface area contributed by atoms with Crippen LogP contribution in [0.3, 0.4) is 0 Å². The summed E-state index contributed by atoms with van der Waals surface area (Å²) in [6, 6.07) is 6.79. The number of carbonyl (C=O) groups is 1. The average molecular weight is 273 g/mol. The molecule has 0 N–H and O–H groups in total. The molecule has 0 fully saturated rings. The van der Waals surface area contributed by atoms with Gasteiger partial charge in [-0.25, -0.2) is 0 Å². The number of carbonyl (C=O) groups excluding carboxylic acids is 1. The highest BCUT2D eigenvalue weighted by atomic mass is 35.5. The third kappa shape index (κ3) is 2.38. The van der Waals surface area contributed by atoms with Gasteiger partial charge in [0.1, 0.15) is 16.5 Å². The fraction of sp³-hybridized carbons (Fsp3) is 0. The second-order valence-electron chi connectivity index (χ2n) is 2.96. The number of benzene rings is 1. The Morgan fingerprint density at radius 1 is 1.31 bits per heavy atom. The summed E-state index contributed by atoms with van der Waals surface area (Å²) < 4.78 is 5.51. The number of hydrogen-bond acceptors (Lipinski definition) is 3. The fourth-order valence-corrected chi connectivity index (χ4v) is 2.08. The van der Waals surface area contributed by atoms with E-state index in [1.165, 1.54) is 11.3 Å². The Balaban J connectivity index is 2.26. The molecule has 1 aromatic heterocycles. The monoisotopic (exact) mass is 272 g/mol. The van der Waals surface area contributed by atoms with Gasteiger partial charge in [-0.1, -0.05) is 29.3 Å². The molecule has 0 atom stereocenters. The number of aldehydes is 1. The first-order chi connectivity index (χ1) is 7.70. The van der Waals surface area contributed by atoms with Crippen molar-refractivity contribution in [2.45, 2.75) is 0 Å². The Bertz CT molecular complexity index is 522. The van der Waals surface area contributed by atoms with E-state index in [2.05, 4.69) is 0 Å². The maximum Gasteiger partial charge on any atom is 0.160 e. The van der Waals surface area contributed by atoms with Gasteiger partial charge in [-0.15, -0.1) is 11.3 Å². The lowest BCUT2D eigenvalue weighted by atomic mass is 10.3. The van der Waals surface area contributed by atoms with Crippen molar-refractivity contribution in [2.24, 2.45) is 0 Å². The maximum atomic E-state index is 10.5. The molecule has 0 bridgehead atoms. The molecule has 0 aliphatic rings. The second kappa shape index (κ2) is 4.87. The molecule has 1 aromatic carbocycles. The first-order valence-electron chi connectivity index (χ1n) is 4.36. The first-order valence-corrected chi connectivity index (χ1v) is 6.00. The van der Waals surface area contributed by atoms with Crippen LogP contribution in [0.1, 0.15) is 9.67 Å². The van der Waals surface area contributed by atoms with Crippen LogP contribution in [0.2, 0.25) is 10.0 Å². The molecule has 0 unspecified atom stereocenters. The summed E-state index contributed by atoms with van der Waals surface area (Å²) in [7, 11) is 0. The van der Waals surface area contributed by atoms with Crippen molar-refractivity contribution in [1.82, 2.24) is 0 Å². The molecular formula is C11H6Cl2O2S. The zero-order chi connectivity index (χ0) is 11.5. The Labute approximate surface area is 106 Å². The van der Waals surface area contributed by atoms with Gasteiger partial charge in [0.15, 0.2) is 6.29 Å². The van der Waals surface area contributed by atoms with Crippen molar-refractivity contribution in [2.75, 3.05) is 0 Å². The fourth-order valence-electron chi connectivity index (χ4n) is 1.14. The Morgan fingerprint density at radius 3 is 2.81 bits per heavy atom. The number of hydrogen-bond donors (Lipinski definition) is 0. The lowest BCUT2D eigenvalue weighted by Crippen LogP contribution is -1.83. The molecular weight excluding hydrogens is 267 g/mol. The summed E-state index contributed by atoms with van der Waals surface area (Å²) in [5.74, 6) is 1.06. The van der Waals surface area contributed by atoms with Crippen LogP contribution >= 0.6 is 34.5 Å². The molecule has 2 aromatic rings. The maximum absolute atomic E-state index is 10.5. The van der Waals surface area contributed by atoms with Gasteiger partial charge in [-0.05, 0) is 12.1 Å². The molecule has 2 rings (SSSR count). The standard InChI is InChI=1S/C11H6Cl2O2S/c12-9-2-1-3-10(11(9)13)15-7-4-8(5-14)16-6-7/h1-6H. The molecule has 5 heteroatoms. The van der Waals surface area contributed by atoms with E-state index in [9.17, 15) is 4.79 Å². The average Bonchev–Trinajstić information content (AvgIpc) is 2.73. The van der Waals surface area contributed by atoms with Gasteiger partial charge in [0, 0.05) is 11.4 Å². The molecule has 0 amide bonds. The van der Waals surface area contributed by atoms with Gasteiger partial charge in [0.05, 0.1) is 9.90 Å². The van der Waals surface area contributed by atoms with E-state index in [4.69, 9.17) is 27.9 Å². The van der Waals surface area contributed by atoms with Crippen LogP contribution in [-0.4, -0.2) is 6.29 Å². The van der Waals surface area contributed by atoms with Gasteiger partial charge in [0.25, 0.3) is 0 Å². The first kappa shape index (κ1) is 11.5. The minimum atomic E-state index is 0.364. The summed E-state index contributed by atoms with van der Waals surface area (Å²) in [6.45, 7) is 0. The molecule has 0 spiro atoms. The number of halogens is 2. The quantitative estimate of drug-likeness (QED) is 0.760. The Kier molecular flexibility index (Phi) is 3.49. The van der Waals surface area contributed by atoms with Crippen LogP contribution in [0.5, 0.6) is 11.5 Å². The molecule has 2 nitrogen and oxygen atoms in total. The number of rotatable bonds is 3.